The number of rotatable bonds is 4. The SMILES string of the molecule is N/C(=N\O)c1ccc(COc2ccc(Cl)cc2Br)cc1. The number of oxime groups is 1. The lowest BCUT2D eigenvalue weighted by Gasteiger charge is -2.09. The van der Waals surface area contributed by atoms with Gasteiger partial charge in [0.2, 0.25) is 0 Å². The summed E-state index contributed by atoms with van der Waals surface area (Å²) in [6, 6.07) is 12.6. The Morgan fingerprint density at radius 2 is 1.95 bits per heavy atom. The Bertz CT molecular complexity index is 630. The average Bonchev–Trinajstić information content (AvgIpc) is 2.46. The van der Waals surface area contributed by atoms with E-state index in [0.717, 1.165) is 15.8 Å². The number of hydrogen-bond donors (Lipinski definition) is 2. The molecule has 0 radical (unpaired) electrons. The standard InChI is InChI=1S/C14H12BrClN2O2/c15-12-7-11(16)5-6-13(12)20-8-9-1-3-10(4-2-9)14(17)18-19/h1-7,19H,8H2,(H2,17,18). The van der Waals surface area contributed by atoms with Gasteiger partial charge in [-0.05, 0) is 39.7 Å². The van der Waals surface area contributed by atoms with E-state index in [0.29, 0.717) is 17.2 Å². The highest BCUT2D eigenvalue weighted by Gasteiger charge is 2.03. The minimum absolute atomic E-state index is 0.0814. The zero-order valence-electron chi connectivity index (χ0n) is 10.4. The van der Waals surface area contributed by atoms with E-state index >= 15 is 0 Å². The van der Waals surface area contributed by atoms with Gasteiger partial charge in [0.05, 0.1) is 4.47 Å². The summed E-state index contributed by atoms with van der Waals surface area (Å²) in [7, 11) is 0. The van der Waals surface area contributed by atoms with Crippen molar-refractivity contribution >= 4 is 33.4 Å². The van der Waals surface area contributed by atoms with Crippen LogP contribution in [0.3, 0.4) is 0 Å². The molecule has 2 aromatic carbocycles. The predicted molar refractivity (Wildman–Crippen MR) is 82.4 cm³/mol. The van der Waals surface area contributed by atoms with Crippen molar-refractivity contribution in [3.8, 4) is 5.75 Å². The summed E-state index contributed by atoms with van der Waals surface area (Å²) < 4.78 is 6.49. The smallest absolute Gasteiger partial charge is 0.170 e. The number of benzene rings is 2. The highest BCUT2D eigenvalue weighted by Crippen LogP contribution is 2.28. The highest BCUT2D eigenvalue weighted by molar-refractivity contribution is 9.10. The molecule has 0 fully saturated rings. The average molecular weight is 356 g/mol. The van der Waals surface area contributed by atoms with Gasteiger partial charge >= 0.3 is 0 Å². The van der Waals surface area contributed by atoms with Crippen LogP contribution < -0.4 is 10.5 Å². The van der Waals surface area contributed by atoms with Crippen molar-refractivity contribution in [1.82, 2.24) is 0 Å². The summed E-state index contributed by atoms with van der Waals surface area (Å²) in [5, 5.41) is 12.2. The predicted octanol–water partition coefficient (Wildman–Crippen LogP) is 3.78. The Kier molecular flexibility index (Phi) is 4.87. The summed E-state index contributed by atoms with van der Waals surface area (Å²) in [5.74, 6) is 0.799. The maximum Gasteiger partial charge on any atom is 0.170 e. The molecule has 0 bridgehead atoms. The van der Waals surface area contributed by atoms with Gasteiger partial charge in [-0.3, -0.25) is 0 Å². The maximum atomic E-state index is 8.58. The Morgan fingerprint density at radius 1 is 1.25 bits per heavy atom. The van der Waals surface area contributed by atoms with Crippen LogP contribution in [0.1, 0.15) is 11.1 Å². The molecule has 3 N–H and O–H groups in total. The number of halogens is 2. The summed E-state index contributed by atoms with van der Waals surface area (Å²) in [5.41, 5.74) is 7.12. The van der Waals surface area contributed by atoms with Crippen LogP contribution in [0.5, 0.6) is 5.75 Å². The minimum atomic E-state index is 0.0814. The van der Waals surface area contributed by atoms with E-state index in [2.05, 4.69) is 21.1 Å². The van der Waals surface area contributed by atoms with Crippen LogP contribution in [-0.4, -0.2) is 11.0 Å². The molecule has 0 aliphatic carbocycles. The number of amidine groups is 1. The minimum Gasteiger partial charge on any atom is -0.488 e. The fraction of sp³-hybridized carbons (Fsp3) is 0.0714. The molecule has 0 aliphatic heterocycles. The summed E-state index contributed by atoms with van der Waals surface area (Å²) in [6.45, 7) is 0.413. The van der Waals surface area contributed by atoms with E-state index in [1.54, 1.807) is 30.3 Å². The monoisotopic (exact) mass is 354 g/mol. The second-order valence-electron chi connectivity index (χ2n) is 4.05. The number of ether oxygens (including phenoxy) is 1. The second kappa shape index (κ2) is 6.63. The zero-order valence-corrected chi connectivity index (χ0v) is 12.7. The van der Waals surface area contributed by atoms with Crippen molar-refractivity contribution in [2.75, 3.05) is 0 Å². The molecule has 2 rings (SSSR count). The summed E-state index contributed by atoms with van der Waals surface area (Å²) in [4.78, 5) is 0. The molecule has 0 unspecified atom stereocenters. The van der Waals surface area contributed by atoms with Crippen molar-refractivity contribution in [2.45, 2.75) is 6.61 Å². The fourth-order valence-electron chi connectivity index (χ4n) is 1.58. The number of nitrogens with zero attached hydrogens (tertiary/aromatic N) is 1. The van der Waals surface area contributed by atoms with Crippen LogP contribution >= 0.6 is 27.5 Å². The Hall–Kier alpha value is -1.72. The van der Waals surface area contributed by atoms with Crippen LogP contribution in [0.25, 0.3) is 0 Å². The van der Waals surface area contributed by atoms with Gasteiger partial charge < -0.3 is 15.7 Å². The molecule has 0 heterocycles. The molecule has 2 aromatic rings. The Morgan fingerprint density at radius 3 is 2.55 bits per heavy atom. The molecule has 0 atom stereocenters. The van der Waals surface area contributed by atoms with E-state index in [4.69, 9.17) is 27.3 Å². The molecule has 0 amide bonds. The molecule has 0 spiro atoms. The van der Waals surface area contributed by atoms with Gasteiger partial charge in [-0.25, -0.2) is 0 Å². The van der Waals surface area contributed by atoms with E-state index in [-0.39, 0.29) is 5.84 Å². The third-order valence-electron chi connectivity index (χ3n) is 2.65. The highest BCUT2D eigenvalue weighted by atomic mass is 79.9. The lowest BCUT2D eigenvalue weighted by molar-refractivity contribution is 0.304. The first-order valence-electron chi connectivity index (χ1n) is 5.75. The first-order valence-corrected chi connectivity index (χ1v) is 6.92. The van der Waals surface area contributed by atoms with Gasteiger partial charge in [0.1, 0.15) is 12.4 Å². The summed E-state index contributed by atoms with van der Waals surface area (Å²) in [6.07, 6.45) is 0. The van der Waals surface area contributed by atoms with Gasteiger partial charge in [-0.2, -0.15) is 0 Å². The van der Waals surface area contributed by atoms with Gasteiger partial charge in [0, 0.05) is 10.6 Å². The topological polar surface area (TPSA) is 67.8 Å². The second-order valence-corrected chi connectivity index (χ2v) is 5.34. The Balaban J connectivity index is 2.04. The lowest BCUT2D eigenvalue weighted by Crippen LogP contribution is -2.12. The van der Waals surface area contributed by atoms with E-state index in [1.165, 1.54) is 0 Å². The van der Waals surface area contributed by atoms with E-state index in [1.807, 2.05) is 12.1 Å². The van der Waals surface area contributed by atoms with Crippen LogP contribution in [0.4, 0.5) is 0 Å². The third kappa shape index (κ3) is 3.65. The summed E-state index contributed by atoms with van der Waals surface area (Å²) >= 11 is 9.26. The fourth-order valence-corrected chi connectivity index (χ4v) is 2.38. The van der Waals surface area contributed by atoms with Crippen LogP contribution in [0, 0.1) is 0 Å². The zero-order chi connectivity index (χ0) is 14.5. The molecular formula is C14H12BrClN2O2. The first kappa shape index (κ1) is 14.7. The molecule has 0 aromatic heterocycles. The van der Waals surface area contributed by atoms with Crippen molar-refractivity contribution in [3.63, 3.8) is 0 Å². The van der Waals surface area contributed by atoms with Gasteiger partial charge in [-0.15, -0.1) is 0 Å². The molecular weight excluding hydrogens is 344 g/mol. The van der Waals surface area contributed by atoms with Gasteiger partial charge in [0.25, 0.3) is 0 Å². The Labute approximate surface area is 129 Å². The largest absolute Gasteiger partial charge is 0.488 e. The molecule has 0 aliphatic rings. The molecule has 0 saturated heterocycles. The molecule has 104 valence electrons. The van der Waals surface area contributed by atoms with Crippen LogP contribution in [-0.2, 0) is 6.61 Å². The van der Waals surface area contributed by atoms with Crippen molar-refractivity contribution in [1.29, 1.82) is 0 Å². The quantitative estimate of drug-likeness (QED) is 0.379. The van der Waals surface area contributed by atoms with Crippen LogP contribution in [0.15, 0.2) is 52.1 Å². The van der Waals surface area contributed by atoms with Gasteiger partial charge in [0.15, 0.2) is 5.84 Å². The first-order chi connectivity index (χ1) is 9.60. The molecule has 4 nitrogen and oxygen atoms in total. The van der Waals surface area contributed by atoms with Crippen molar-refractivity contribution in [2.24, 2.45) is 10.9 Å². The molecule has 6 heteroatoms. The normalized spacial score (nSPS) is 11.4. The molecule has 20 heavy (non-hydrogen) atoms. The lowest BCUT2D eigenvalue weighted by atomic mass is 10.1. The maximum absolute atomic E-state index is 8.58. The van der Waals surface area contributed by atoms with E-state index in [9.17, 15) is 0 Å². The molecule has 0 saturated carbocycles. The van der Waals surface area contributed by atoms with Crippen molar-refractivity contribution < 1.29 is 9.94 Å². The number of hydrogen-bond acceptors (Lipinski definition) is 3. The van der Waals surface area contributed by atoms with Crippen molar-refractivity contribution in [3.05, 3.63) is 63.1 Å². The van der Waals surface area contributed by atoms with Crippen LogP contribution in [0.2, 0.25) is 5.02 Å². The number of nitrogens with two attached hydrogens (primary N) is 1. The van der Waals surface area contributed by atoms with E-state index < -0.39 is 0 Å². The van der Waals surface area contributed by atoms with Gasteiger partial charge in [-0.1, -0.05) is 41.0 Å². The third-order valence-corrected chi connectivity index (χ3v) is 3.50.